The summed E-state index contributed by atoms with van der Waals surface area (Å²) in [5, 5.41) is 2.32. The van der Waals surface area contributed by atoms with Crippen molar-refractivity contribution in [1.82, 2.24) is 9.97 Å². The lowest BCUT2D eigenvalue weighted by Crippen LogP contribution is -2.46. The minimum absolute atomic E-state index is 0.307. The third-order valence-corrected chi connectivity index (χ3v) is 8.42. The lowest BCUT2D eigenvalue weighted by atomic mass is 10.1. The second-order valence-electron chi connectivity index (χ2n) is 13.0. The minimum Gasteiger partial charge on any atom is -0.518 e. The molecule has 1 fully saturated rings. The van der Waals surface area contributed by atoms with E-state index in [0.29, 0.717) is 18.0 Å². The first kappa shape index (κ1) is 37.7. The van der Waals surface area contributed by atoms with Crippen LogP contribution in [0.2, 0.25) is 58.9 Å². The van der Waals surface area contributed by atoms with Crippen molar-refractivity contribution in [3.05, 3.63) is 42.6 Å². The molecule has 2 aromatic rings. The van der Waals surface area contributed by atoms with Gasteiger partial charge in [-0.25, -0.2) is 14.0 Å². The topological polar surface area (TPSA) is 147 Å². The van der Waals surface area contributed by atoms with Gasteiger partial charge in [-0.3, -0.25) is 5.32 Å². The van der Waals surface area contributed by atoms with E-state index in [0.717, 1.165) is 5.82 Å². The number of ether oxygens (including phenoxy) is 2. The van der Waals surface area contributed by atoms with Gasteiger partial charge in [0.05, 0.1) is 12.9 Å². The zero-order valence-corrected chi connectivity index (χ0v) is 30.6. The van der Waals surface area contributed by atoms with Gasteiger partial charge in [-0.1, -0.05) is 37.8 Å². The molecule has 0 bridgehead atoms. The number of halogens is 2. The van der Waals surface area contributed by atoms with E-state index in [2.05, 4.69) is 63.7 Å². The predicted octanol–water partition coefficient (Wildman–Crippen LogP) is 5.73. The van der Waals surface area contributed by atoms with Gasteiger partial charge >= 0.3 is 18.0 Å². The molecular weight excluding hydrogens is 651 g/mol. The first-order valence-electron chi connectivity index (χ1n) is 13.8. The number of nitrogens with zero attached hydrogens (tertiary/aromatic N) is 2. The lowest BCUT2D eigenvalue weighted by Gasteiger charge is -2.25. The van der Waals surface area contributed by atoms with Crippen LogP contribution in [0.4, 0.5) is 25.1 Å². The largest absolute Gasteiger partial charge is 0.518 e. The molecule has 0 spiro atoms. The number of para-hydroxylation sites is 1. The number of carbonyl (C=O) groups excluding carboxylic acids is 1. The number of carbonyl (C=O) groups is 1. The molecule has 1 aliphatic heterocycles. The van der Waals surface area contributed by atoms with E-state index >= 15 is 0 Å². The van der Waals surface area contributed by atoms with Crippen molar-refractivity contribution in [3.63, 3.8) is 0 Å². The van der Waals surface area contributed by atoms with Crippen molar-refractivity contribution in [2.24, 2.45) is 0 Å². The molecule has 1 amide bonds. The maximum Gasteiger partial charge on any atom is 0.412 e. The lowest BCUT2D eigenvalue weighted by molar-refractivity contribution is -0.182. The Morgan fingerprint density at radius 1 is 1.00 bits per heavy atom. The molecule has 2 N–H and O–H groups in total. The summed E-state index contributed by atoms with van der Waals surface area (Å²) < 4.78 is 77.6. The van der Waals surface area contributed by atoms with Gasteiger partial charge in [0, 0.05) is 11.9 Å². The van der Waals surface area contributed by atoms with Crippen molar-refractivity contribution < 1.29 is 44.5 Å². The first-order chi connectivity index (χ1) is 19.9. The molecule has 18 heteroatoms. The van der Waals surface area contributed by atoms with Crippen LogP contribution in [0.1, 0.15) is 0 Å². The van der Waals surface area contributed by atoms with E-state index in [-0.39, 0.29) is 6.61 Å². The Bertz CT molecular complexity index is 1310. The van der Waals surface area contributed by atoms with Crippen LogP contribution < -0.4 is 14.7 Å². The average Bonchev–Trinajstić information content (AvgIpc) is 3.04. The molecule has 1 saturated heterocycles. The van der Waals surface area contributed by atoms with Crippen molar-refractivity contribution in [2.75, 3.05) is 23.2 Å². The van der Waals surface area contributed by atoms with E-state index in [9.17, 15) is 22.0 Å². The Labute approximate surface area is 261 Å². The standard InChI is InChI=1S/C16H23F2NO7SSi.C10H21N3OSi2/c1-27(21,22)26-14-16(17,18)13(12(24-14)10-23-28(2,3)4)25-15(20)19-11-8-6-5-7-9-11;1-15(2,3)13-9-7-8-11-10(12-9)14-16(4,5)6/h5-9,12-14H,10H2,1-4H3,(H,19,20);7-8H,1-6H3,(H,11,12,13). The molecule has 248 valence electrons. The van der Waals surface area contributed by atoms with Gasteiger partial charge in [0.15, 0.2) is 8.32 Å². The van der Waals surface area contributed by atoms with Gasteiger partial charge in [0.2, 0.25) is 20.7 Å². The summed E-state index contributed by atoms with van der Waals surface area (Å²) in [5.41, 5.74) is 0.341. The molecular formula is C26H44F2N4O8SSi3. The fraction of sp³-hybridized carbons (Fsp3) is 0.577. The van der Waals surface area contributed by atoms with Crippen LogP contribution in [-0.4, -0.2) is 86.6 Å². The monoisotopic (exact) mass is 694 g/mol. The highest BCUT2D eigenvalue weighted by molar-refractivity contribution is 7.86. The zero-order chi connectivity index (χ0) is 33.6. The summed E-state index contributed by atoms with van der Waals surface area (Å²) in [6.07, 6.45) is -4.71. The number of nitrogens with one attached hydrogen (secondary N) is 2. The molecule has 3 unspecified atom stereocenters. The zero-order valence-electron chi connectivity index (χ0n) is 26.8. The van der Waals surface area contributed by atoms with Gasteiger partial charge in [-0.2, -0.15) is 22.2 Å². The summed E-state index contributed by atoms with van der Waals surface area (Å²) in [6.45, 7) is 18.3. The van der Waals surface area contributed by atoms with E-state index in [1.807, 2.05) is 25.7 Å². The molecule has 0 aliphatic carbocycles. The first-order valence-corrected chi connectivity index (χ1v) is 26.0. The summed E-state index contributed by atoms with van der Waals surface area (Å²) in [6, 6.07) is 10.5. The van der Waals surface area contributed by atoms with Crippen LogP contribution in [0, 0.1) is 0 Å². The van der Waals surface area contributed by atoms with Crippen LogP contribution in [0.5, 0.6) is 6.01 Å². The Morgan fingerprint density at radius 2 is 1.61 bits per heavy atom. The van der Waals surface area contributed by atoms with E-state index in [1.165, 1.54) is 0 Å². The second-order valence-corrected chi connectivity index (χ2v) is 28.3. The molecule has 1 aromatic carbocycles. The molecule has 1 aromatic heterocycles. The SMILES string of the molecule is C[Si](C)(C)Nc1ccnc(O[Si](C)(C)C)n1.C[Si](C)(C)OCC1OC(OS(C)(=O)=O)C(F)(F)C1OC(=O)Nc1ccccc1. The number of rotatable bonds is 11. The van der Waals surface area contributed by atoms with E-state index in [4.69, 9.17) is 18.3 Å². The van der Waals surface area contributed by atoms with Crippen LogP contribution in [0.25, 0.3) is 0 Å². The third kappa shape index (κ3) is 14.1. The number of alkyl halides is 2. The molecule has 12 nitrogen and oxygen atoms in total. The molecule has 0 saturated carbocycles. The molecule has 3 rings (SSSR count). The molecule has 44 heavy (non-hydrogen) atoms. The van der Waals surface area contributed by atoms with E-state index in [1.54, 1.807) is 36.5 Å². The molecule has 0 radical (unpaired) electrons. The normalized spacial score (nSPS) is 20.2. The number of anilines is 2. The number of hydrogen-bond acceptors (Lipinski definition) is 11. The van der Waals surface area contributed by atoms with E-state index < -0.39 is 65.5 Å². The summed E-state index contributed by atoms with van der Waals surface area (Å²) >= 11 is 0. The maximum atomic E-state index is 14.7. The van der Waals surface area contributed by atoms with Crippen LogP contribution in [0.15, 0.2) is 42.6 Å². The highest BCUT2D eigenvalue weighted by Crippen LogP contribution is 2.40. The molecule has 3 atom stereocenters. The smallest absolute Gasteiger partial charge is 0.412 e. The number of hydrogen-bond donors (Lipinski definition) is 2. The van der Waals surface area contributed by atoms with Crippen LogP contribution in [-0.2, 0) is 28.2 Å². The van der Waals surface area contributed by atoms with Crippen molar-refractivity contribution in [2.45, 2.75) is 83.3 Å². The Morgan fingerprint density at radius 3 is 2.14 bits per heavy atom. The maximum absolute atomic E-state index is 14.7. The fourth-order valence-electron chi connectivity index (χ4n) is 3.46. The fourth-order valence-corrected chi connectivity index (χ4v) is 6.17. The van der Waals surface area contributed by atoms with Crippen molar-refractivity contribution in [3.8, 4) is 6.01 Å². The van der Waals surface area contributed by atoms with Gasteiger partial charge in [0.1, 0.15) is 20.2 Å². The highest BCUT2D eigenvalue weighted by Gasteiger charge is 2.63. The highest BCUT2D eigenvalue weighted by atomic mass is 32.2. The van der Waals surface area contributed by atoms with Gasteiger partial charge < -0.3 is 23.3 Å². The number of benzene rings is 1. The summed E-state index contributed by atoms with van der Waals surface area (Å²) in [7, 11) is -9.33. The predicted molar refractivity (Wildman–Crippen MR) is 172 cm³/mol. The Kier molecular flexibility index (Phi) is 12.6. The van der Waals surface area contributed by atoms with Crippen molar-refractivity contribution >= 4 is 52.6 Å². The quantitative estimate of drug-likeness (QED) is 0.220. The van der Waals surface area contributed by atoms with Crippen LogP contribution >= 0.6 is 0 Å². The minimum atomic E-state index is -4.24. The number of aromatic nitrogens is 2. The molecule has 2 heterocycles. The van der Waals surface area contributed by atoms with Gasteiger partial charge in [-0.05, 0) is 57.5 Å². The number of amides is 1. The average molecular weight is 695 g/mol. The van der Waals surface area contributed by atoms with Gasteiger partial charge in [0.25, 0.3) is 10.1 Å². The summed E-state index contributed by atoms with van der Waals surface area (Å²) in [5.74, 6) is -3.05. The van der Waals surface area contributed by atoms with Crippen LogP contribution in [0.3, 0.4) is 0 Å². The third-order valence-electron chi connectivity index (χ3n) is 5.06. The Balaban J connectivity index is 0.000000358. The summed E-state index contributed by atoms with van der Waals surface area (Å²) in [4.78, 5) is 24.0. The van der Waals surface area contributed by atoms with Crippen molar-refractivity contribution in [1.29, 1.82) is 0 Å². The Hall–Kier alpha value is -2.49. The molecule has 1 aliphatic rings. The second kappa shape index (κ2) is 14.7. The van der Waals surface area contributed by atoms with Gasteiger partial charge in [-0.15, -0.1) is 0 Å².